The van der Waals surface area contributed by atoms with Crippen LogP contribution in [0.15, 0.2) is 42.6 Å². The Morgan fingerprint density at radius 2 is 2.09 bits per heavy atom. The summed E-state index contributed by atoms with van der Waals surface area (Å²) in [5, 5.41) is 21.2. The maximum Gasteiger partial charge on any atom is 0.159 e. The molecule has 8 heteroatoms. The van der Waals surface area contributed by atoms with Gasteiger partial charge in [0.1, 0.15) is 17.0 Å². The number of benzene rings is 2. The number of imidazole rings is 1. The van der Waals surface area contributed by atoms with Gasteiger partial charge < -0.3 is 15.4 Å². The molecule has 0 amide bonds. The van der Waals surface area contributed by atoms with Crippen molar-refractivity contribution in [1.82, 2.24) is 30.4 Å². The van der Waals surface area contributed by atoms with Crippen LogP contribution in [-0.4, -0.2) is 62.4 Å². The van der Waals surface area contributed by atoms with Gasteiger partial charge in [0.15, 0.2) is 11.6 Å². The number of hydrogen-bond acceptors (Lipinski definition) is 5. The standard InChI is InChI=1S/C26H27FN6O/c1-2-15-11-18(34)3-4-19(15)20-5-6-21-24(23(20)27)31-32-25(21)26-29-13-22(30-26)16-8-10-33(14-16)17-7-9-28-12-17/h3-6,8,11,13,17,28,34H,2,7,9-10,12,14H2,1H3,(H,29,30)(H,31,32). The molecule has 4 heterocycles. The van der Waals surface area contributed by atoms with Crippen LogP contribution in [0, 0.1) is 5.82 Å². The number of halogens is 1. The topological polar surface area (TPSA) is 92.9 Å². The second kappa shape index (κ2) is 8.38. The quantitative estimate of drug-likeness (QED) is 0.362. The highest BCUT2D eigenvalue weighted by Crippen LogP contribution is 2.35. The molecule has 174 valence electrons. The number of aryl methyl sites for hydroxylation is 1. The minimum Gasteiger partial charge on any atom is -0.508 e. The summed E-state index contributed by atoms with van der Waals surface area (Å²) in [5.41, 5.74) is 5.21. The summed E-state index contributed by atoms with van der Waals surface area (Å²) in [6, 6.07) is 9.27. The molecule has 1 unspecified atom stereocenters. The van der Waals surface area contributed by atoms with Crippen LogP contribution in [0.2, 0.25) is 0 Å². The molecule has 2 aromatic heterocycles. The number of aromatic amines is 2. The smallest absolute Gasteiger partial charge is 0.159 e. The summed E-state index contributed by atoms with van der Waals surface area (Å²) < 4.78 is 15.6. The lowest BCUT2D eigenvalue weighted by Gasteiger charge is -2.22. The van der Waals surface area contributed by atoms with Crippen LogP contribution in [0.25, 0.3) is 39.1 Å². The lowest BCUT2D eigenvalue weighted by atomic mass is 9.96. The number of fused-ring (bicyclic) bond motifs is 1. The zero-order valence-electron chi connectivity index (χ0n) is 19.0. The van der Waals surface area contributed by atoms with Crippen molar-refractivity contribution in [2.75, 3.05) is 26.2 Å². The molecule has 2 aromatic carbocycles. The molecule has 0 bridgehead atoms. The third-order valence-corrected chi connectivity index (χ3v) is 7.06. The van der Waals surface area contributed by atoms with Crippen molar-refractivity contribution in [3.05, 3.63) is 59.7 Å². The molecule has 2 aliphatic heterocycles. The van der Waals surface area contributed by atoms with Gasteiger partial charge in [-0.3, -0.25) is 10.00 Å². The lowest BCUT2D eigenvalue weighted by Crippen LogP contribution is -2.35. The highest BCUT2D eigenvalue weighted by molar-refractivity contribution is 5.95. The van der Waals surface area contributed by atoms with E-state index in [-0.39, 0.29) is 11.6 Å². The number of aromatic nitrogens is 4. The van der Waals surface area contributed by atoms with Crippen molar-refractivity contribution < 1.29 is 9.50 Å². The largest absolute Gasteiger partial charge is 0.508 e. The van der Waals surface area contributed by atoms with E-state index >= 15 is 4.39 Å². The Bertz CT molecular complexity index is 1400. The van der Waals surface area contributed by atoms with E-state index in [9.17, 15) is 5.11 Å². The van der Waals surface area contributed by atoms with E-state index in [1.54, 1.807) is 24.3 Å². The van der Waals surface area contributed by atoms with Crippen LogP contribution in [0.5, 0.6) is 5.75 Å². The molecular formula is C26H27FN6O. The first kappa shape index (κ1) is 21.1. The Labute approximate surface area is 196 Å². The second-order valence-electron chi connectivity index (χ2n) is 9.06. The molecule has 2 aliphatic rings. The molecule has 1 saturated heterocycles. The fourth-order valence-corrected chi connectivity index (χ4v) is 5.18. The van der Waals surface area contributed by atoms with Crippen LogP contribution < -0.4 is 5.32 Å². The average Bonchev–Trinajstić information content (AvgIpc) is 3.65. The first-order valence-electron chi connectivity index (χ1n) is 11.8. The summed E-state index contributed by atoms with van der Waals surface area (Å²) in [5.74, 6) is 0.442. The number of hydrogen-bond donors (Lipinski definition) is 4. The fourth-order valence-electron chi connectivity index (χ4n) is 5.18. The normalized spacial score (nSPS) is 18.8. The summed E-state index contributed by atoms with van der Waals surface area (Å²) in [6.07, 6.45) is 6.03. The zero-order chi connectivity index (χ0) is 23.2. The Morgan fingerprint density at radius 3 is 2.91 bits per heavy atom. The monoisotopic (exact) mass is 458 g/mol. The maximum atomic E-state index is 15.6. The van der Waals surface area contributed by atoms with Crippen molar-refractivity contribution in [1.29, 1.82) is 0 Å². The minimum absolute atomic E-state index is 0.181. The molecule has 4 aromatic rings. The van der Waals surface area contributed by atoms with Crippen molar-refractivity contribution in [2.45, 2.75) is 25.8 Å². The summed E-state index contributed by atoms with van der Waals surface area (Å²) in [6.45, 7) is 5.95. The van der Waals surface area contributed by atoms with Gasteiger partial charge in [-0.05, 0) is 54.3 Å². The van der Waals surface area contributed by atoms with Gasteiger partial charge in [-0.1, -0.05) is 25.1 Å². The molecule has 1 atom stereocenters. The third-order valence-electron chi connectivity index (χ3n) is 7.06. The molecule has 7 nitrogen and oxygen atoms in total. The Hall–Kier alpha value is -3.49. The number of rotatable bonds is 5. The SMILES string of the molecule is CCc1cc(O)ccc1-c1ccc2c(-c3nc(C4=CCN(C5CCNC5)C4)c[nH]3)n[nH]c2c1F. The van der Waals surface area contributed by atoms with E-state index in [1.165, 1.54) is 12.0 Å². The van der Waals surface area contributed by atoms with Gasteiger partial charge in [0.2, 0.25) is 0 Å². The number of nitrogens with zero attached hydrogens (tertiary/aromatic N) is 3. The van der Waals surface area contributed by atoms with Gasteiger partial charge in [0, 0.05) is 42.8 Å². The predicted octanol–water partition coefficient (Wildman–Crippen LogP) is 4.09. The van der Waals surface area contributed by atoms with Gasteiger partial charge >= 0.3 is 0 Å². The van der Waals surface area contributed by atoms with E-state index < -0.39 is 0 Å². The van der Waals surface area contributed by atoms with E-state index in [0.717, 1.165) is 43.0 Å². The van der Waals surface area contributed by atoms with E-state index in [0.29, 0.717) is 40.4 Å². The van der Waals surface area contributed by atoms with Gasteiger partial charge in [0.25, 0.3) is 0 Å². The molecule has 0 radical (unpaired) electrons. The van der Waals surface area contributed by atoms with Crippen LogP contribution in [0.4, 0.5) is 4.39 Å². The summed E-state index contributed by atoms with van der Waals surface area (Å²) in [4.78, 5) is 10.5. The number of phenols is 1. The Kier molecular flexibility index (Phi) is 5.19. The van der Waals surface area contributed by atoms with E-state index in [1.807, 2.05) is 19.2 Å². The van der Waals surface area contributed by atoms with E-state index in [2.05, 4.69) is 31.5 Å². The highest BCUT2D eigenvalue weighted by Gasteiger charge is 2.27. The highest BCUT2D eigenvalue weighted by atomic mass is 19.1. The minimum atomic E-state index is -0.359. The number of aromatic hydroxyl groups is 1. The summed E-state index contributed by atoms with van der Waals surface area (Å²) in [7, 11) is 0. The van der Waals surface area contributed by atoms with E-state index in [4.69, 9.17) is 4.98 Å². The Morgan fingerprint density at radius 1 is 1.21 bits per heavy atom. The van der Waals surface area contributed by atoms with Crippen molar-refractivity contribution in [3.63, 3.8) is 0 Å². The first-order chi connectivity index (χ1) is 16.6. The van der Waals surface area contributed by atoms with Gasteiger partial charge in [-0.25, -0.2) is 9.37 Å². The number of H-pyrrole nitrogens is 2. The third kappa shape index (κ3) is 3.50. The second-order valence-corrected chi connectivity index (χ2v) is 9.06. The fraction of sp³-hybridized carbons (Fsp3) is 0.308. The summed E-state index contributed by atoms with van der Waals surface area (Å²) >= 11 is 0. The number of nitrogens with one attached hydrogen (secondary N) is 3. The van der Waals surface area contributed by atoms with Crippen molar-refractivity contribution in [3.8, 4) is 28.4 Å². The Balaban J connectivity index is 1.30. The number of phenolic OH excluding ortho intramolecular Hbond substituents is 1. The molecule has 0 saturated carbocycles. The zero-order valence-corrected chi connectivity index (χ0v) is 19.0. The van der Waals surface area contributed by atoms with Crippen LogP contribution in [-0.2, 0) is 6.42 Å². The van der Waals surface area contributed by atoms with Gasteiger partial charge in [-0.2, -0.15) is 5.10 Å². The molecule has 1 fully saturated rings. The van der Waals surface area contributed by atoms with Crippen molar-refractivity contribution in [2.24, 2.45) is 0 Å². The molecule has 34 heavy (non-hydrogen) atoms. The molecule has 4 N–H and O–H groups in total. The van der Waals surface area contributed by atoms with Crippen LogP contribution in [0.3, 0.4) is 0 Å². The first-order valence-corrected chi connectivity index (χ1v) is 11.8. The lowest BCUT2D eigenvalue weighted by molar-refractivity contribution is 0.271. The maximum absolute atomic E-state index is 15.6. The van der Waals surface area contributed by atoms with Gasteiger partial charge in [-0.15, -0.1) is 0 Å². The van der Waals surface area contributed by atoms with Crippen LogP contribution >= 0.6 is 0 Å². The average molecular weight is 459 g/mol. The molecule has 0 spiro atoms. The van der Waals surface area contributed by atoms with Gasteiger partial charge in [0.05, 0.1) is 5.69 Å². The van der Waals surface area contributed by atoms with Crippen LogP contribution in [0.1, 0.15) is 24.6 Å². The molecule has 0 aliphatic carbocycles. The molecular weight excluding hydrogens is 431 g/mol. The predicted molar refractivity (Wildman–Crippen MR) is 131 cm³/mol. The molecule has 6 rings (SSSR count). The van der Waals surface area contributed by atoms with Crippen molar-refractivity contribution >= 4 is 16.5 Å².